The van der Waals surface area contributed by atoms with Gasteiger partial charge in [0.25, 0.3) is 11.8 Å². The zero-order valence-electron chi connectivity index (χ0n) is 26.6. The van der Waals surface area contributed by atoms with E-state index in [0.717, 1.165) is 16.0 Å². The number of hydrogen-bond donors (Lipinski definition) is 2. The number of rotatable bonds is 6. The van der Waals surface area contributed by atoms with E-state index < -0.39 is 52.6 Å². The van der Waals surface area contributed by atoms with E-state index in [1.165, 1.54) is 29.2 Å². The highest BCUT2D eigenvalue weighted by Gasteiger charge is 2.70. The molecular formula is C39H33ClFN3O5. The van der Waals surface area contributed by atoms with Gasteiger partial charge < -0.3 is 5.11 Å². The number of phenols is 1. The van der Waals surface area contributed by atoms with Gasteiger partial charge in [-0.05, 0) is 72.5 Å². The van der Waals surface area contributed by atoms with Crippen LogP contribution in [-0.4, -0.2) is 45.2 Å². The molecule has 2 saturated heterocycles. The molecule has 0 bridgehead atoms. The van der Waals surface area contributed by atoms with Gasteiger partial charge in [0.1, 0.15) is 11.6 Å². The van der Waals surface area contributed by atoms with Crippen LogP contribution in [0.25, 0.3) is 10.8 Å². The maximum Gasteiger partial charge on any atom is 0.260 e. The summed E-state index contributed by atoms with van der Waals surface area (Å²) in [5.74, 6) is -5.71. The summed E-state index contributed by atoms with van der Waals surface area (Å²) in [4.78, 5) is 58.9. The van der Waals surface area contributed by atoms with Crippen LogP contribution in [0.15, 0.2) is 96.6 Å². The van der Waals surface area contributed by atoms with Crippen molar-refractivity contribution >= 4 is 51.7 Å². The third-order valence-electron chi connectivity index (χ3n) is 11.0. The minimum atomic E-state index is -1.57. The molecule has 4 amide bonds. The molecule has 2 N–H and O–H groups in total. The van der Waals surface area contributed by atoms with E-state index in [4.69, 9.17) is 11.6 Å². The van der Waals surface area contributed by atoms with Crippen molar-refractivity contribution in [3.8, 4) is 5.75 Å². The Bertz CT molecular complexity index is 2080. The lowest BCUT2D eigenvalue weighted by Crippen LogP contribution is -2.53. The average Bonchev–Trinajstić information content (AvgIpc) is 3.47. The summed E-state index contributed by atoms with van der Waals surface area (Å²) in [7, 11) is 0. The third kappa shape index (κ3) is 4.48. The number of hydrazine groups is 1. The van der Waals surface area contributed by atoms with Crippen LogP contribution in [0.5, 0.6) is 5.75 Å². The zero-order valence-corrected chi connectivity index (χ0v) is 27.4. The number of phenolic OH excluding ortho intramolecular Hbond substituents is 1. The van der Waals surface area contributed by atoms with E-state index in [2.05, 4.69) is 5.43 Å². The molecule has 8 rings (SSSR count). The second kappa shape index (κ2) is 11.6. The van der Waals surface area contributed by atoms with Gasteiger partial charge in [0.2, 0.25) is 11.8 Å². The number of allylic oxidation sites excluding steroid dienone is 2. The number of hydrogen-bond acceptors (Lipinski definition) is 6. The van der Waals surface area contributed by atoms with Crippen molar-refractivity contribution in [2.24, 2.45) is 23.7 Å². The number of fused-ring (bicyclic) bond motifs is 5. The molecule has 49 heavy (non-hydrogen) atoms. The molecule has 2 aliphatic carbocycles. The molecule has 4 aromatic carbocycles. The fraction of sp³-hybridized carbons (Fsp3) is 0.282. The van der Waals surface area contributed by atoms with Gasteiger partial charge in [-0.1, -0.05) is 78.7 Å². The van der Waals surface area contributed by atoms with E-state index in [9.17, 15) is 23.9 Å². The Morgan fingerprint density at radius 1 is 0.898 bits per heavy atom. The molecule has 2 heterocycles. The van der Waals surface area contributed by atoms with E-state index in [1.54, 1.807) is 36.4 Å². The number of carbonyl (C=O) groups is 4. The summed E-state index contributed by atoms with van der Waals surface area (Å²) in [6.07, 6.45) is 3.01. The topological polar surface area (TPSA) is 107 Å². The standard InChI is InChI=1S/C39H33ClFN3O5/c1-2-19-43-35(46)28-18-17-27-30(32(28)37(43)48)20-31-36(47)44(42-25-14-12-24(41)13-15-25)38(49)39(31,22-8-10-23(40)11-9-22)33(27)29-16-7-21-5-3-4-6-26(21)34(29)45/h3-17,28,30-33,42,45H,2,18-20H2,1H3/t28-,30+,31-,32-,33+,39+/m0/s1. The summed E-state index contributed by atoms with van der Waals surface area (Å²) < 4.78 is 13.8. The molecule has 10 heteroatoms. The lowest BCUT2D eigenvalue weighted by molar-refractivity contribution is -0.141. The quantitative estimate of drug-likeness (QED) is 0.173. The zero-order chi connectivity index (χ0) is 34.2. The molecule has 1 saturated carbocycles. The third-order valence-corrected chi connectivity index (χ3v) is 11.3. The normalized spacial score (nSPS) is 27.7. The predicted molar refractivity (Wildman–Crippen MR) is 182 cm³/mol. The Morgan fingerprint density at radius 3 is 2.37 bits per heavy atom. The molecule has 6 atom stereocenters. The molecule has 2 aliphatic heterocycles. The first kappa shape index (κ1) is 31.3. The first-order valence-electron chi connectivity index (χ1n) is 16.6. The summed E-state index contributed by atoms with van der Waals surface area (Å²) in [5, 5.41) is 14.9. The van der Waals surface area contributed by atoms with Crippen molar-refractivity contribution in [2.75, 3.05) is 12.0 Å². The molecular weight excluding hydrogens is 645 g/mol. The van der Waals surface area contributed by atoms with Crippen LogP contribution in [0, 0.1) is 29.5 Å². The van der Waals surface area contributed by atoms with E-state index in [-0.39, 0.29) is 24.0 Å². The second-order valence-electron chi connectivity index (χ2n) is 13.4. The van der Waals surface area contributed by atoms with Gasteiger partial charge >= 0.3 is 0 Å². The fourth-order valence-corrected chi connectivity index (χ4v) is 9.14. The molecule has 248 valence electrons. The van der Waals surface area contributed by atoms with Crippen molar-refractivity contribution in [2.45, 2.75) is 37.5 Å². The molecule has 0 radical (unpaired) electrons. The Balaban J connectivity index is 1.38. The molecule has 0 unspecified atom stereocenters. The number of benzene rings is 4. The van der Waals surface area contributed by atoms with E-state index in [1.807, 2.05) is 37.3 Å². The smallest absolute Gasteiger partial charge is 0.260 e. The van der Waals surface area contributed by atoms with Crippen LogP contribution >= 0.6 is 11.6 Å². The van der Waals surface area contributed by atoms with Crippen LogP contribution in [0.2, 0.25) is 5.02 Å². The van der Waals surface area contributed by atoms with Crippen LogP contribution in [0.1, 0.15) is 43.2 Å². The Hall–Kier alpha value is -5.02. The fourth-order valence-electron chi connectivity index (χ4n) is 9.01. The van der Waals surface area contributed by atoms with Gasteiger partial charge in [-0.2, -0.15) is 5.01 Å². The van der Waals surface area contributed by atoms with Gasteiger partial charge in [0, 0.05) is 28.4 Å². The molecule has 3 fully saturated rings. The minimum Gasteiger partial charge on any atom is -0.507 e. The van der Waals surface area contributed by atoms with Gasteiger partial charge in [-0.25, -0.2) is 4.39 Å². The van der Waals surface area contributed by atoms with Crippen LogP contribution in [-0.2, 0) is 24.6 Å². The number of nitrogens with one attached hydrogen (secondary N) is 1. The molecule has 0 aromatic heterocycles. The second-order valence-corrected chi connectivity index (χ2v) is 13.9. The number of halogens is 2. The van der Waals surface area contributed by atoms with Crippen molar-refractivity contribution in [3.63, 3.8) is 0 Å². The number of anilines is 1. The van der Waals surface area contributed by atoms with Crippen molar-refractivity contribution in [3.05, 3.63) is 119 Å². The predicted octanol–water partition coefficient (Wildman–Crippen LogP) is 6.73. The minimum absolute atomic E-state index is 0.0227. The van der Waals surface area contributed by atoms with Crippen molar-refractivity contribution < 1.29 is 28.7 Å². The molecule has 8 nitrogen and oxygen atoms in total. The Labute approximate surface area is 287 Å². The largest absolute Gasteiger partial charge is 0.507 e. The van der Waals surface area contributed by atoms with E-state index >= 15 is 4.79 Å². The Morgan fingerprint density at radius 2 is 1.63 bits per heavy atom. The van der Waals surface area contributed by atoms with Crippen molar-refractivity contribution in [1.82, 2.24) is 9.91 Å². The first-order valence-corrected chi connectivity index (χ1v) is 17.0. The number of likely N-dealkylation sites (tertiary alicyclic amines) is 1. The monoisotopic (exact) mass is 677 g/mol. The van der Waals surface area contributed by atoms with Gasteiger partial charge in [0.05, 0.1) is 28.9 Å². The first-order chi connectivity index (χ1) is 23.7. The van der Waals surface area contributed by atoms with Crippen molar-refractivity contribution in [1.29, 1.82) is 0 Å². The number of carbonyl (C=O) groups excluding carboxylic acids is 4. The molecule has 4 aliphatic rings. The highest BCUT2D eigenvalue weighted by Crippen LogP contribution is 2.65. The number of imide groups is 2. The van der Waals surface area contributed by atoms with Crippen LogP contribution in [0.4, 0.5) is 10.1 Å². The summed E-state index contributed by atoms with van der Waals surface area (Å²) in [6, 6.07) is 23.2. The Kier molecular flexibility index (Phi) is 7.37. The maximum absolute atomic E-state index is 15.2. The summed E-state index contributed by atoms with van der Waals surface area (Å²) in [6.45, 7) is 2.23. The molecule has 0 spiro atoms. The maximum atomic E-state index is 15.2. The SMILES string of the molecule is CCCN1C(=O)[C@H]2[C@H](CC=C3[C@H]2C[C@H]2C(=O)N(Nc4ccc(F)cc4)C(=O)[C@@]2(c2ccc(Cl)cc2)[C@H]3c2ccc3ccccc3c2O)C1=O. The highest BCUT2D eigenvalue weighted by atomic mass is 35.5. The molecule has 4 aromatic rings. The van der Waals surface area contributed by atoms with Gasteiger partial charge in [-0.3, -0.25) is 29.5 Å². The lowest BCUT2D eigenvalue weighted by atomic mass is 9.49. The average molecular weight is 678 g/mol. The summed E-state index contributed by atoms with van der Waals surface area (Å²) in [5.41, 5.74) is 3.44. The highest BCUT2D eigenvalue weighted by molar-refractivity contribution is 6.30. The van der Waals surface area contributed by atoms with E-state index in [0.29, 0.717) is 46.6 Å². The van der Waals surface area contributed by atoms with Crippen LogP contribution in [0.3, 0.4) is 0 Å². The lowest BCUT2D eigenvalue weighted by Gasteiger charge is -2.50. The number of amides is 4. The van der Waals surface area contributed by atoms with Crippen LogP contribution < -0.4 is 5.43 Å². The van der Waals surface area contributed by atoms with Gasteiger partial charge in [-0.15, -0.1) is 0 Å². The summed E-state index contributed by atoms with van der Waals surface area (Å²) >= 11 is 6.36. The van der Waals surface area contributed by atoms with Gasteiger partial charge in [0.15, 0.2) is 0 Å². The number of aromatic hydroxyl groups is 1. The number of nitrogens with zero attached hydrogens (tertiary/aromatic N) is 2.